The van der Waals surface area contributed by atoms with E-state index in [0.717, 1.165) is 36.0 Å². The zero-order valence-electron chi connectivity index (χ0n) is 19.3. The lowest BCUT2D eigenvalue weighted by Gasteiger charge is -2.43. The molecule has 1 aliphatic heterocycles. The van der Waals surface area contributed by atoms with E-state index in [1.165, 1.54) is 0 Å². The van der Waals surface area contributed by atoms with Crippen LogP contribution in [0.25, 0.3) is 0 Å². The molecule has 3 rings (SSSR count). The SMILES string of the molecule is COc1cccc(NC2(C(=O)N(C)C)CCN(c3ccc(C)nn3)CC2)c1.O=CO.O=CO. The third-order valence-corrected chi connectivity index (χ3v) is 4.99. The number of rotatable bonds is 5. The van der Waals surface area contributed by atoms with Gasteiger partial charge in [-0.1, -0.05) is 6.07 Å². The number of carboxylic acid groups (broad SMARTS) is 2. The van der Waals surface area contributed by atoms with Crippen molar-refractivity contribution in [1.82, 2.24) is 15.1 Å². The van der Waals surface area contributed by atoms with Crippen LogP contribution in [0.4, 0.5) is 11.5 Å². The van der Waals surface area contributed by atoms with Crippen molar-refractivity contribution in [3.63, 3.8) is 0 Å². The molecule has 0 unspecified atom stereocenters. The summed E-state index contributed by atoms with van der Waals surface area (Å²) in [4.78, 5) is 33.6. The fourth-order valence-corrected chi connectivity index (χ4v) is 3.48. The zero-order chi connectivity index (χ0) is 24.9. The molecule has 33 heavy (non-hydrogen) atoms. The van der Waals surface area contributed by atoms with Gasteiger partial charge in [-0.2, -0.15) is 5.10 Å². The normalized spacial score (nSPS) is 13.8. The van der Waals surface area contributed by atoms with Crippen molar-refractivity contribution < 1.29 is 29.3 Å². The van der Waals surface area contributed by atoms with E-state index >= 15 is 0 Å². The fraction of sp³-hybridized carbons (Fsp3) is 0.409. The van der Waals surface area contributed by atoms with Crippen LogP contribution in [0.15, 0.2) is 36.4 Å². The molecular weight excluding hydrogens is 430 g/mol. The Balaban J connectivity index is 0.000000819. The van der Waals surface area contributed by atoms with Crippen molar-refractivity contribution in [2.75, 3.05) is 44.5 Å². The lowest BCUT2D eigenvalue weighted by atomic mass is 9.85. The Morgan fingerprint density at radius 1 is 1.12 bits per heavy atom. The number of nitrogens with zero attached hydrogens (tertiary/aromatic N) is 4. The molecule has 2 aromatic rings. The number of ether oxygens (including phenoxy) is 1. The highest BCUT2D eigenvalue weighted by Crippen LogP contribution is 2.31. The maximum Gasteiger partial charge on any atom is 0.290 e. The first-order chi connectivity index (χ1) is 15.8. The van der Waals surface area contributed by atoms with Gasteiger partial charge in [-0.15, -0.1) is 5.10 Å². The lowest BCUT2D eigenvalue weighted by molar-refractivity contribution is -0.134. The van der Waals surface area contributed by atoms with Crippen molar-refractivity contribution >= 4 is 30.4 Å². The van der Waals surface area contributed by atoms with Crippen LogP contribution in [-0.2, 0) is 14.4 Å². The number of aromatic nitrogens is 2. The molecule has 180 valence electrons. The molecule has 0 spiro atoms. The van der Waals surface area contributed by atoms with E-state index in [2.05, 4.69) is 20.4 Å². The maximum atomic E-state index is 13.1. The van der Waals surface area contributed by atoms with E-state index in [9.17, 15) is 4.79 Å². The highest BCUT2D eigenvalue weighted by molar-refractivity contribution is 5.89. The van der Waals surface area contributed by atoms with E-state index in [1.807, 2.05) is 43.3 Å². The first-order valence-corrected chi connectivity index (χ1v) is 10.1. The van der Waals surface area contributed by atoms with Crippen LogP contribution in [0.3, 0.4) is 0 Å². The second kappa shape index (κ2) is 13.5. The second-order valence-corrected chi connectivity index (χ2v) is 7.37. The molecule has 11 nitrogen and oxygen atoms in total. The molecular formula is C22H31N5O6. The topological polar surface area (TPSA) is 145 Å². The predicted octanol–water partition coefficient (Wildman–Crippen LogP) is 1.73. The summed E-state index contributed by atoms with van der Waals surface area (Å²) >= 11 is 0. The van der Waals surface area contributed by atoms with Crippen molar-refractivity contribution in [3.05, 3.63) is 42.1 Å². The van der Waals surface area contributed by atoms with Crippen molar-refractivity contribution in [2.45, 2.75) is 25.3 Å². The molecule has 1 amide bonds. The number of methoxy groups -OCH3 is 1. The smallest absolute Gasteiger partial charge is 0.290 e. The first-order valence-electron chi connectivity index (χ1n) is 10.1. The molecule has 1 aromatic carbocycles. The van der Waals surface area contributed by atoms with E-state index < -0.39 is 5.54 Å². The highest BCUT2D eigenvalue weighted by Gasteiger charge is 2.42. The van der Waals surface area contributed by atoms with Crippen molar-refractivity contribution in [1.29, 1.82) is 0 Å². The standard InChI is InChI=1S/C20H27N5O2.2CH2O2/c1-15-8-9-18(23-22-15)25-12-10-20(11-13-25,19(26)24(2)3)21-16-6-5-7-17(14-16)27-4;2*2-1-3/h5-9,14,21H,10-13H2,1-4H3;2*1H,(H,2,3). The summed E-state index contributed by atoms with van der Waals surface area (Å²) in [6.45, 7) is 2.88. The average Bonchev–Trinajstić information content (AvgIpc) is 2.81. The third kappa shape index (κ3) is 7.95. The van der Waals surface area contributed by atoms with Crippen LogP contribution >= 0.6 is 0 Å². The monoisotopic (exact) mass is 461 g/mol. The summed E-state index contributed by atoms with van der Waals surface area (Å²) in [7, 11) is 5.24. The summed E-state index contributed by atoms with van der Waals surface area (Å²) in [5, 5.41) is 25.7. The molecule has 11 heteroatoms. The molecule has 1 aromatic heterocycles. The molecule has 1 aliphatic rings. The largest absolute Gasteiger partial charge is 0.497 e. The summed E-state index contributed by atoms with van der Waals surface area (Å²) in [6, 6.07) is 11.6. The van der Waals surface area contributed by atoms with E-state index in [-0.39, 0.29) is 18.9 Å². The minimum Gasteiger partial charge on any atom is -0.497 e. The van der Waals surface area contributed by atoms with Gasteiger partial charge >= 0.3 is 0 Å². The number of anilines is 2. The zero-order valence-corrected chi connectivity index (χ0v) is 19.3. The number of aryl methyl sites for hydroxylation is 1. The quantitative estimate of drug-likeness (QED) is 0.563. The Morgan fingerprint density at radius 2 is 1.73 bits per heavy atom. The average molecular weight is 462 g/mol. The van der Waals surface area contributed by atoms with Gasteiger partial charge < -0.3 is 30.1 Å². The van der Waals surface area contributed by atoms with Crippen LogP contribution in [-0.4, -0.2) is 84.0 Å². The molecule has 0 bridgehead atoms. The Hall–Kier alpha value is -3.89. The first kappa shape index (κ1) is 27.1. The van der Waals surface area contributed by atoms with Gasteiger partial charge in [0.25, 0.3) is 12.9 Å². The number of hydrogen-bond acceptors (Lipinski definition) is 8. The van der Waals surface area contributed by atoms with Gasteiger partial charge in [-0.05, 0) is 44.0 Å². The minimum atomic E-state index is -0.648. The molecule has 0 atom stereocenters. The van der Waals surface area contributed by atoms with Crippen LogP contribution in [0.5, 0.6) is 5.75 Å². The summed E-state index contributed by atoms with van der Waals surface area (Å²) < 4.78 is 5.31. The number of carbonyl (C=O) groups is 3. The fourth-order valence-electron chi connectivity index (χ4n) is 3.48. The number of nitrogens with one attached hydrogen (secondary N) is 1. The van der Waals surface area contributed by atoms with E-state index in [1.54, 1.807) is 26.1 Å². The third-order valence-electron chi connectivity index (χ3n) is 4.99. The van der Waals surface area contributed by atoms with Gasteiger partial charge in [0.05, 0.1) is 12.8 Å². The van der Waals surface area contributed by atoms with Gasteiger partial charge in [-0.25, -0.2) is 0 Å². The number of piperidine rings is 1. The molecule has 1 saturated heterocycles. The molecule has 0 radical (unpaired) electrons. The highest BCUT2D eigenvalue weighted by atomic mass is 16.5. The lowest BCUT2D eigenvalue weighted by Crippen LogP contribution is -2.58. The van der Waals surface area contributed by atoms with E-state index in [0.29, 0.717) is 12.8 Å². The van der Waals surface area contributed by atoms with Gasteiger partial charge in [-0.3, -0.25) is 14.4 Å². The van der Waals surface area contributed by atoms with Gasteiger partial charge in [0.15, 0.2) is 5.82 Å². The summed E-state index contributed by atoms with van der Waals surface area (Å²) in [6.07, 6.45) is 1.35. The molecule has 2 heterocycles. The molecule has 3 N–H and O–H groups in total. The predicted molar refractivity (Wildman–Crippen MR) is 124 cm³/mol. The Morgan fingerprint density at radius 3 is 2.21 bits per heavy atom. The van der Waals surface area contributed by atoms with Gasteiger partial charge in [0, 0.05) is 38.9 Å². The molecule has 0 saturated carbocycles. The van der Waals surface area contributed by atoms with Crippen LogP contribution in [0.2, 0.25) is 0 Å². The second-order valence-electron chi connectivity index (χ2n) is 7.37. The summed E-state index contributed by atoms with van der Waals surface area (Å²) in [5.41, 5.74) is 1.13. The molecule has 0 aliphatic carbocycles. The number of carbonyl (C=O) groups excluding carboxylic acids is 1. The van der Waals surface area contributed by atoms with E-state index in [4.69, 9.17) is 24.5 Å². The van der Waals surface area contributed by atoms with Crippen LogP contribution < -0.4 is 15.0 Å². The Kier molecular flexibility index (Phi) is 11.1. The summed E-state index contributed by atoms with van der Waals surface area (Å²) in [5.74, 6) is 1.70. The Bertz CT molecular complexity index is 877. The number of amides is 1. The number of benzene rings is 1. The maximum absolute atomic E-state index is 13.1. The van der Waals surface area contributed by atoms with Crippen LogP contribution in [0, 0.1) is 6.92 Å². The van der Waals surface area contributed by atoms with Crippen LogP contribution in [0.1, 0.15) is 18.5 Å². The number of likely N-dealkylation sites (N-methyl/N-ethyl adjacent to an activating group) is 1. The van der Waals surface area contributed by atoms with Gasteiger partial charge in [0.2, 0.25) is 5.91 Å². The van der Waals surface area contributed by atoms with Crippen molar-refractivity contribution in [2.24, 2.45) is 0 Å². The minimum absolute atomic E-state index is 0.0833. The van der Waals surface area contributed by atoms with Gasteiger partial charge in [0.1, 0.15) is 11.3 Å². The number of hydrogen-bond donors (Lipinski definition) is 3. The Labute approximate surface area is 193 Å². The molecule has 1 fully saturated rings. The van der Waals surface area contributed by atoms with Crippen molar-refractivity contribution in [3.8, 4) is 5.75 Å².